The van der Waals surface area contributed by atoms with Gasteiger partial charge >= 0.3 is 12.6 Å². The zero-order chi connectivity index (χ0) is 16.2. The third kappa shape index (κ3) is 4.70. The molecule has 116 valence electrons. The Bertz CT molecular complexity index is 526. The van der Waals surface area contributed by atoms with Crippen LogP contribution >= 0.6 is 0 Å². The molecule has 7 heteroatoms. The van der Waals surface area contributed by atoms with Crippen molar-refractivity contribution in [3.05, 3.63) is 29.8 Å². The van der Waals surface area contributed by atoms with Crippen LogP contribution in [0.1, 0.15) is 31.1 Å². The summed E-state index contributed by atoms with van der Waals surface area (Å²) in [6, 6.07) is 5.50. The number of carboxylic acid groups (broad SMARTS) is 1. The topological polar surface area (TPSA) is 66.8 Å². The lowest BCUT2D eigenvalue weighted by Crippen LogP contribution is -2.48. The monoisotopic (exact) mass is 301 g/mol. The number of alkyl halides is 2. The number of carboxylic acids is 1. The van der Waals surface area contributed by atoms with Crippen molar-refractivity contribution in [2.24, 2.45) is 0 Å². The Labute approximate surface area is 121 Å². The predicted molar refractivity (Wildman–Crippen MR) is 71.5 cm³/mol. The molecule has 1 aromatic rings. The van der Waals surface area contributed by atoms with Crippen LogP contribution in [0.15, 0.2) is 24.3 Å². The van der Waals surface area contributed by atoms with E-state index in [-0.39, 0.29) is 11.3 Å². The van der Waals surface area contributed by atoms with Gasteiger partial charge in [-0.25, -0.2) is 0 Å². The molecule has 0 aliphatic carbocycles. The van der Waals surface area contributed by atoms with Crippen molar-refractivity contribution in [2.75, 3.05) is 6.54 Å². The highest BCUT2D eigenvalue weighted by Crippen LogP contribution is 2.25. The molecule has 0 saturated heterocycles. The first-order valence-corrected chi connectivity index (χ1v) is 6.20. The van der Waals surface area contributed by atoms with Crippen LogP contribution < -0.4 is 4.74 Å². The number of amides is 1. The third-order valence-corrected chi connectivity index (χ3v) is 2.68. The van der Waals surface area contributed by atoms with E-state index in [0.717, 1.165) is 4.90 Å². The fourth-order valence-electron chi connectivity index (χ4n) is 1.74. The quantitative estimate of drug-likeness (QED) is 0.908. The van der Waals surface area contributed by atoms with Crippen molar-refractivity contribution in [3.63, 3.8) is 0 Å². The average Bonchev–Trinajstić information content (AvgIpc) is 2.33. The van der Waals surface area contributed by atoms with E-state index in [1.54, 1.807) is 20.8 Å². The molecule has 0 spiro atoms. The summed E-state index contributed by atoms with van der Waals surface area (Å²) in [6.07, 6.45) is 0. The Hall–Kier alpha value is -2.18. The number of nitrogens with zero attached hydrogens (tertiary/aromatic N) is 1. The van der Waals surface area contributed by atoms with Gasteiger partial charge in [0, 0.05) is 5.54 Å². The van der Waals surface area contributed by atoms with E-state index in [1.807, 2.05) is 0 Å². The molecule has 0 radical (unpaired) electrons. The second kappa shape index (κ2) is 6.51. The Morgan fingerprint density at radius 2 is 1.86 bits per heavy atom. The van der Waals surface area contributed by atoms with E-state index < -0.39 is 30.6 Å². The molecule has 1 aromatic carbocycles. The smallest absolute Gasteiger partial charge is 0.387 e. The zero-order valence-electron chi connectivity index (χ0n) is 12.0. The first kappa shape index (κ1) is 16.9. The van der Waals surface area contributed by atoms with Crippen LogP contribution in [0.4, 0.5) is 8.78 Å². The summed E-state index contributed by atoms with van der Waals surface area (Å²) in [4.78, 5) is 24.5. The number of rotatable bonds is 5. The number of aliphatic carboxylic acids is 1. The minimum absolute atomic E-state index is 0.103. The van der Waals surface area contributed by atoms with Crippen molar-refractivity contribution in [2.45, 2.75) is 32.9 Å². The van der Waals surface area contributed by atoms with E-state index in [2.05, 4.69) is 4.74 Å². The van der Waals surface area contributed by atoms with Crippen molar-refractivity contribution >= 4 is 11.9 Å². The highest BCUT2D eigenvalue weighted by atomic mass is 19.3. The van der Waals surface area contributed by atoms with Crippen molar-refractivity contribution in [1.29, 1.82) is 0 Å². The molecule has 0 saturated carbocycles. The van der Waals surface area contributed by atoms with Crippen molar-refractivity contribution < 1.29 is 28.2 Å². The van der Waals surface area contributed by atoms with Crippen LogP contribution in [-0.2, 0) is 4.79 Å². The summed E-state index contributed by atoms with van der Waals surface area (Å²) < 4.78 is 29.0. The van der Waals surface area contributed by atoms with Crippen molar-refractivity contribution in [1.82, 2.24) is 4.90 Å². The maximum atomic E-state index is 12.5. The van der Waals surface area contributed by atoms with Gasteiger partial charge in [0.1, 0.15) is 12.3 Å². The minimum Gasteiger partial charge on any atom is -0.480 e. The van der Waals surface area contributed by atoms with Gasteiger partial charge in [0.2, 0.25) is 0 Å². The summed E-state index contributed by atoms with van der Waals surface area (Å²) in [6.45, 7) is 1.37. The lowest BCUT2D eigenvalue weighted by Gasteiger charge is -2.34. The van der Waals surface area contributed by atoms with Crippen LogP contribution in [0.3, 0.4) is 0 Å². The van der Waals surface area contributed by atoms with Gasteiger partial charge in [-0.1, -0.05) is 12.1 Å². The molecule has 1 amide bonds. The Morgan fingerprint density at radius 3 is 2.33 bits per heavy atom. The number of para-hydroxylation sites is 1. The lowest BCUT2D eigenvalue weighted by atomic mass is 10.0. The molecule has 0 aromatic heterocycles. The number of carbonyl (C=O) groups is 2. The number of hydrogen-bond donors (Lipinski definition) is 1. The molecule has 1 rings (SSSR count). The molecule has 1 N–H and O–H groups in total. The normalized spacial score (nSPS) is 11.3. The van der Waals surface area contributed by atoms with Crippen molar-refractivity contribution in [3.8, 4) is 5.75 Å². The number of ether oxygens (including phenoxy) is 1. The van der Waals surface area contributed by atoms with E-state index in [1.165, 1.54) is 24.3 Å². The summed E-state index contributed by atoms with van der Waals surface area (Å²) in [5.41, 5.74) is -0.887. The standard InChI is InChI=1S/C14H17F2NO4/c1-14(2,3)17(8-11(18)19)12(20)9-6-4-5-7-10(9)21-13(15)16/h4-7,13H,8H2,1-3H3,(H,18,19). The second-order valence-corrected chi connectivity index (χ2v) is 5.33. The summed E-state index contributed by atoms with van der Waals surface area (Å²) in [5, 5.41) is 8.91. The summed E-state index contributed by atoms with van der Waals surface area (Å²) in [7, 11) is 0. The predicted octanol–water partition coefficient (Wildman–Crippen LogP) is 2.61. The second-order valence-electron chi connectivity index (χ2n) is 5.33. The molecular weight excluding hydrogens is 284 g/mol. The third-order valence-electron chi connectivity index (χ3n) is 2.68. The Kier molecular flexibility index (Phi) is 5.23. The molecule has 0 bridgehead atoms. The number of halogens is 2. The van der Waals surface area contributed by atoms with Crippen LogP contribution in [0.25, 0.3) is 0 Å². The fourth-order valence-corrected chi connectivity index (χ4v) is 1.74. The Balaban J connectivity index is 3.18. The molecule has 0 aliphatic rings. The van der Waals surface area contributed by atoms with Gasteiger partial charge in [0.05, 0.1) is 5.56 Å². The molecule has 0 heterocycles. The van der Waals surface area contributed by atoms with E-state index in [9.17, 15) is 18.4 Å². The first-order valence-electron chi connectivity index (χ1n) is 6.20. The van der Waals surface area contributed by atoms with Crippen LogP contribution in [0, 0.1) is 0 Å². The molecule has 5 nitrogen and oxygen atoms in total. The van der Waals surface area contributed by atoms with Gasteiger partial charge < -0.3 is 14.7 Å². The van der Waals surface area contributed by atoms with Gasteiger partial charge in [-0.05, 0) is 32.9 Å². The van der Waals surface area contributed by atoms with E-state index in [4.69, 9.17) is 5.11 Å². The van der Waals surface area contributed by atoms with E-state index in [0.29, 0.717) is 0 Å². The Morgan fingerprint density at radius 1 is 1.29 bits per heavy atom. The first-order chi connectivity index (χ1) is 9.62. The number of benzene rings is 1. The zero-order valence-corrected chi connectivity index (χ0v) is 12.0. The van der Waals surface area contributed by atoms with Crippen LogP contribution in [-0.4, -0.2) is 40.6 Å². The van der Waals surface area contributed by atoms with Gasteiger partial charge in [0.25, 0.3) is 5.91 Å². The largest absolute Gasteiger partial charge is 0.480 e. The average molecular weight is 301 g/mol. The molecular formula is C14H17F2NO4. The SMILES string of the molecule is CC(C)(C)N(CC(=O)O)C(=O)c1ccccc1OC(F)F. The molecule has 0 aliphatic heterocycles. The van der Waals surface area contributed by atoms with Crippen LogP contribution in [0.2, 0.25) is 0 Å². The van der Waals surface area contributed by atoms with E-state index >= 15 is 0 Å². The lowest BCUT2D eigenvalue weighted by molar-refractivity contribution is -0.138. The molecule has 0 fully saturated rings. The van der Waals surface area contributed by atoms with Gasteiger partial charge in [-0.2, -0.15) is 8.78 Å². The summed E-state index contributed by atoms with van der Waals surface area (Å²) >= 11 is 0. The number of carbonyl (C=O) groups excluding carboxylic acids is 1. The maximum Gasteiger partial charge on any atom is 0.387 e. The van der Waals surface area contributed by atoms with Gasteiger partial charge in [-0.15, -0.1) is 0 Å². The highest BCUT2D eigenvalue weighted by molar-refractivity contribution is 5.98. The molecule has 0 atom stereocenters. The molecule has 21 heavy (non-hydrogen) atoms. The maximum absolute atomic E-state index is 12.5. The molecule has 0 unspecified atom stereocenters. The minimum atomic E-state index is -3.07. The summed E-state index contributed by atoms with van der Waals surface area (Å²) in [5.74, 6) is -2.15. The highest BCUT2D eigenvalue weighted by Gasteiger charge is 2.31. The number of hydrogen-bond acceptors (Lipinski definition) is 3. The fraction of sp³-hybridized carbons (Fsp3) is 0.429. The van der Waals surface area contributed by atoms with Gasteiger partial charge in [-0.3, -0.25) is 9.59 Å². The van der Waals surface area contributed by atoms with Crippen LogP contribution in [0.5, 0.6) is 5.75 Å². The van der Waals surface area contributed by atoms with Gasteiger partial charge in [0.15, 0.2) is 0 Å².